The van der Waals surface area contributed by atoms with Crippen molar-refractivity contribution in [3.63, 3.8) is 0 Å². The minimum Gasteiger partial charge on any atom is -0.490 e. The highest BCUT2D eigenvalue weighted by molar-refractivity contribution is 7.22. The maximum absolute atomic E-state index is 13.6. The number of carbonyl (C=O) groups excluding carboxylic acids is 1. The lowest BCUT2D eigenvalue weighted by Gasteiger charge is -2.18. The number of nitrogens with zero attached hydrogens (tertiary/aromatic N) is 2. The Morgan fingerprint density at radius 2 is 1.84 bits per heavy atom. The zero-order valence-electron chi connectivity index (χ0n) is 16.9. The van der Waals surface area contributed by atoms with Gasteiger partial charge in [-0.3, -0.25) is 9.69 Å². The number of thiazole rings is 1. The molecule has 3 aromatic carbocycles. The minimum atomic E-state index is -0.235. The van der Waals surface area contributed by atoms with Gasteiger partial charge in [0.15, 0.2) is 22.2 Å². The van der Waals surface area contributed by atoms with Crippen molar-refractivity contribution in [1.82, 2.24) is 4.98 Å². The number of para-hydroxylation sites is 2. The number of rotatable bonds is 6. The Labute approximate surface area is 183 Å². The summed E-state index contributed by atoms with van der Waals surface area (Å²) in [5.74, 6) is 0.660. The van der Waals surface area contributed by atoms with E-state index in [0.29, 0.717) is 29.6 Å². The first kappa shape index (κ1) is 19.3. The second kappa shape index (κ2) is 8.24. The average molecular weight is 429 g/mol. The maximum Gasteiger partial charge on any atom is 0.296 e. The van der Waals surface area contributed by atoms with Crippen LogP contribution in [0, 0.1) is 0 Å². The van der Waals surface area contributed by atoms with Crippen LogP contribution in [0.15, 0.2) is 83.3 Å². The predicted molar refractivity (Wildman–Crippen MR) is 124 cm³/mol. The predicted octanol–water partition coefficient (Wildman–Crippen LogP) is 6.29. The molecule has 1 amide bonds. The van der Waals surface area contributed by atoms with E-state index >= 15 is 0 Å². The number of aromatic nitrogens is 1. The molecule has 0 unspecified atom stereocenters. The van der Waals surface area contributed by atoms with E-state index in [0.717, 1.165) is 21.2 Å². The Balaban J connectivity index is 1.58. The summed E-state index contributed by atoms with van der Waals surface area (Å²) in [7, 11) is 0. The van der Waals surface area contributed by atoms with E-state index in [4.69, 9.17) is 14.1 Å². The molecule has 0 N–H and O–H groups in total. The number of benzene rings is 3. The van der Waals surface area contributed by atoms with E-state index in [2.05, 4.69) is 0 Å². The lowest BCUT2D eigenvalue weighted by Crippen LogP contribution is -2.30. The van der Waals surface area contributed by atoms with E-state index in [9.17, 15) is 4.79 Å². The number of fused-ring (bicyclic) bond motifs is 2. The molecule has 31 heavy (non-hydrogen) atoms. The molecule has 6 heteroatoms. The van der Waals surface area contributed by atoms with Crippen LogP contribution in [0.5, 0.6) is 5.75 Å². The van der Waals surface area contributed by atoms with E-state index < -0.39 is 0 Å². The Morgan fingerprint density at radius 3 is 2.65 bits per heavy atom. The Kier molecular flexibility index (Phi) is 5.14. The zero-order chi connectivity index (χ0) is 21.2. The molecule has 0 atom stereocenters. The van der Waals surface area contributed by atoms with Gasteiger partial charge in [0.2, 0.25) is 0 Å². The Hall–Kier alpha value is -3.64. The molecule has 0 saturated heterocycles. The van der Waals surface area contributed by atoms with Crippen molar-refractivity contribution in [2.75, 3.05) is 11.5 Å². The molecule has 0 spiro atoms. The Morgan fingerprint density at radius 1 is 1.03 bits per heavy atom. The highest BCUT2D eigenvalue weighted by atomic mass is 32.1. The van der Waals surface area contributed by atoms with Crippen molar-refractivity contribution >= 4 is 43.6 Å². The summed E-state index contributed by atoms with van der Waals surface area (Å²) < 4.78 is 12.7. The highest BCUT2D eigenvalue weighted by Crippen LogP contribution is 2.33. The first-order chi connectivity index (χ1) is 15.2. The molecule has 0 radical (unpaired) electrons. The molecule has 0 bridgehead atoms. The smallest absolute Gasteiger partial charge is 0.296 e. The zero-order valence-corrected chi connectivity index (χ0v) is 17.8. The van der Waals surface area contributed by atoms with Gasteiger partial charge in [-0.05, 0) is 36.8 Å². The number of ether oxygens (including phenoxy) is 1. The molecule has 5 nitrogen and oxygen atoms in total. The van der Waals surface area contributed by atoms with Crippen LogP contribution in [0.4, 0.5) is 5.13 Å². The molecule has 0 fully saturated rings. The normalized spacial score (nSPS) is 11.1. The molecule has 5 aromatic rings. The molecular weight excluding hydrogens is 408 g/mol. The number of anilines is 1. The molecule has 0 saturated carbocycles. The fourth-order valence-electron chi connectivity index (χ4n) is 3.51. The molecular formula is C25H20N2O3S. The number of amides is 1. The van der Waals surface area contributed by atoms with E-state index in [1.165, 1.54) is 11.3 Å². The van der Waals surface area contributed by atoms with Crippen molar-refractivity contribution < 1.29 is 13.9 Å². The largest absolute Gasteiger partial charge is 0.490 e. The number of hydrogen-bond acceptors (Lipinski definition) is 5. The van der Waals surface area contributed by atoms with Gasteiger partial charge < -0.3 is 9.15 Å². The molecule has 5 rings (SSSR count). The number of hydrogen-bond donors (Lipinski definition) is 0. The van der Waals surface area contributed by atoms with Crippen LogP contribution in [0.2, 0.25) is 0 Å². The fraction of sp³-hybridized carbons (Fsp3) is 0.120. The topological polar surface area (TPSA) is 55.6 Å². The van der Waals surface area contributed by atoms with Gasteiger partial charge >= 0.3 is 0 Å². The Bertz CT molecular complexity index is 1320. The van der Waals surface area contributed by atoms with Gasteiger partial charge in [0.25, 0.3) is 5.91 Å². The van der Waals surface area contributed by atoms with Gasteiger partial charge in [-0.2, -0.15) is 0 Å². The molecule has 0 aliphatic carbocycles. The van der Waals surface area contributed by atoms with Gasteiger partial charge in [-0.1, -0.05) is 65.9 Å². The summed E-state index contributed by atoms with van der Waals surface area (Å²) in [6, 6.07) is 25.2. The first-order valence-corrected chi connectivity index (χ1v) is 10.9. The summed E-state index contributed by atoms with van der Waals surface area (Å²) >= 11 is 1.49. The van der Waals surface area contributed by atoms with Crippen LogP contribution in [0.1, 0.15) is 23.0 Å². The highest BCUT2D eigenvalue weighted by Gasteiger charge is 2.25. The number of carbonyl (C=O) groups is 1. The maximum atomic E-state index is 13.6. The van der Waals surface area contributed by atoms with Crippen molar-refractivity contribution in [1.29, 1.82) is 0 Å². The van der Waals surface area contributed by atoms with Crippen LogP contribution < -0.4 is 9.64 Å². The summed E-state index contributed by atoms with van der Waals surface area (Å²) in [5, 5.41) is 1.47. The van der Waals surface area contributed by atoms with Gasteiger partial charge in [0.05, 0.1) is 23.4 Å². The van der Waals surface area contributed by atoms with Crippen LogP contribution in [0.25, 0.3) is 21.2 Å². The lowest BCUT2D eigenvalue weighted by molar-refractivity contribution is 0.0960. The summed E-state index contributed by atoms with van der Waals surface area (Å²) in [4.78, 5) is 20.0. The lowest BCUT2D eigenvalue weighted by atomic mass is 10.2. The third-order valence-corrected chi connectivity index (χ3v) is 6.02. The third kappa shape index (κ3) is 3.78. The SMILES string of the molecule is CCOc1cccc2cc(C(=O)N(Cc3ccccc3)c3nc4ccccc4s3)oc12. The first-order valence-electron chi connectivity index (χ1n) is 10.1. The molecule has 154 valence electrons. The van der Waals surface area contributed by atoms with Crippen molar-refractivity contribution in [3.8, 4) is 5.75 Å². The van der Waals surface area contributed by atoms with E-state index in [-0.39, 0.29) is 11.7 Å². The summed E-state index contributed by atoms with van der Waals surface area (Å²) in [5.41, 5.74) is 2.47. The second-order valence-electron chi connectivity index (χ2n) is 7.06. The van der Waals surface area contributed by atoms with Crippen LogP contribution in [0.3, 0.4) is 0 Å². The number of furan rings is 1. The average Bonchev–Trinajstić information content (AvgIpc) is 3.43. The second-order valence-corrected chi connectivity index (χ2v) is 8.07. The van der Waals surface area contributed by atoms with Crippen LogP contribution in [-0.4, -0.2) is 17.5 Å². The standard InChI is InChI=1S/C25H20N2O3S/c1-2-29-20-13-8-11-18-15-21(30-23(18)20)24(28)27(16-17-9-4-3-5-10-17)25-26-19-12-6-7-14-22(19)31-25/h3-15H,2,16H2,1H3. The van der Waals surface area contributed by atoms with Crippen molar-refractivity contribution in [2.45, 2.75) is 13.5 Å². The third-order valence-electron chi connectivity index (χ3n) is 4.96. The summed E-state index contributed by atoms with van der Waals surface area (Å²) in [6.07, 6.45) is 0. The van der Waals surface area contributed by atoms with Gasteiger partial charge in [0, 0.05) is 5.39 Å². The molecule has 2 aromatic heterocycles. The van der Waals surface area contributed by atoms with Crippen molar-refractivity contribution in [2.24, 2.45) is 0 Å². The molecule has 0 aliphatic heterocycles. The van der Waals surface area contributed by atoms with E-state index in [1.807, 2.05) is 79.7 Å². The quantitative estimate of drug-likeness (QED) is 0.319. The fourth-order valence-corrected chi connectivity index (χ4v) is 4.47. The van der Waals surface area contributed by atoms with Gasteiger partial charge in [-0.15, -0.1) is 0 Å². The molecule has 2 heterocycles. The van der Waals surface area contributed by atoms with Crippen LogP contribution in [-0.2, 0) is 6.54 Å². The summed E-state index contributed by atoms with van der Waals surface area (Å²) in [6.45, 7) is 2.84. The molecule has 0 aliphatic rings. The van der Waals surface area contributed by atoms with Gasteiger partial charge in [0.1, 0.15) is 0 Å². The van der Waals surface area contributed by atoms with E-state index in [1.54, 1.807) is 11.0 Å². The van der Waals surface area contributed by atoms with Gasteiger partial charge in [-0.25, -0.2) is 4.98 Å². The van der Waals surface area contributed by atoms with Crippen molar-refractivity contribution in [3.05, 3.63) is 90.2 Å². The minimum absolute atomic E-state index is 0.235. The monoisotopic (exact) mass is 428 g/mol. The van der Waals surface area contributed by atoms with Crippen LogP contribution >= 0.6 is 11.3 Å².